The van der Waals surface area contributed by atoms with Gasteiger partial charge in [-0.3, -0.25) is 10.1 Å². The van der Waals surface area contributed by atoms with Crippen LogP contribution in [0.1, 0.15) is 24.3 Å². The molecule has 1 N–H and O–H groups in total. The summed E-state index contributed by atoms with van der Waals surface area (Å²) in [7, 11) is 0. The molecule has 2 rings (SSSR count). The van der Waals surface area contributed by atoms with Gasteiger partial charge in [0.15, 0.2) is 0 Å². The Morgan fingerprint density at radius 3 is 2.89 bits per heavy atom. The van der Waals surface area contributed by atoms with Gasteiger partial charge in [0.05, 0.1) is 23.8 Å². The molecule has 7 nitrogen and oxygen atoms in total. The standard InChI is InChI=1S/C11H11BrN4O3/c1-7(17)9-6-15(14-13-9)5-8-3-2-4-10(11(8)12)16(18)19/h2-4,6-7,17H,5H2,1H3. The van der Waals surface area contributed by atoms with Crippen molar-refractivity contribution in [1.82, 2.24) is 15.0 Å². The fraction of sp³-hybridized carbons (Fsp3) is 0.273. The SMILES string of the molecule is CC(O)c1cn(Cc2cccc([N+](=O)[O-])c2Br)nn1. The highest BCUT2D eigenvalue weighted by molar-refractivity contribution is 9.10. The van der Waals surface area contributed by atoms with Crippen molar-refractivity contribution in [3.8, 4) is 0 Å². The summed E-state index contributed by atoms with van der Waals surface area (Å²) in [6.45, 7) is 1.93. The van der Waals surface area contributed by atoms with Gasteiger partial charge < -0.3 is 5.11 Å². The average Bonchev–Trinajstić information content (AvgIpc) is 2.80. The molecule has 0 aliphatic carbocycles. The van der Waals surface area contributed by atoms with Gasteiger partial charge in [-0.15, -0.1) is 5.10 Å². The van der Waals surface area contributed by atoms with Crippen LogP contribution in [0, 0.1) is 10.1 Å². The first-order valence-electron chi connectivity index (χ1n) is 5.49. The van der Waals surface area contributed by atoms with E-state index in [2.05, 4.69) is 26.2 Å². The molecular formula is C11H11BrN4O3. The van der Waals surface area contributed by atoms with Crippen LogP contribution in [0.2, 0.25) is 0 Å². The number of nitrogens with zero attached hydrogens (tertiary/aromatic N) is 4. The van der Waals surface area contributed by atoms with Crippen molar-refractivity contribution in [2.24, 2.45) is 0 Å². The van der Waals surface area contributed by atoms with Gasteiger partial charge >= 0.3 is 0 Å². The highest BCUT2D eigenvalue weighted by Crippen LogP contribution is 2.28. The van der Waals surface area contributed by atoms with E-state index in [0.29, 0.717) is 16.7 Å². The highest BCUT2D eigenvalue weighted by atomic mass is 79.9. The van der Waals surface area contributed by atoms with Crippen LogP contribution >= 0.6 is 15.9 Å². The van der Waals surface area contributed by atoms with Crippen LogP contribution < -0.4 is 0 Å². The number of nitro benzene ring substituents is 1. The number of benzene rings is 1. The zero-order valence-corrected chi connectivity index (χ0v) is 11.6. The maximum absolute atomic E-state index is 10.8. The Morgan fingerprint density at radius 1 is 1.58 bits per heavy atom. The molecule has 0 aliphatic rings. The van der Waals surface area contributed by atoms with Crippen LogP contribution in [0.5, 0.6) is 0 Å². The monoisotopic (exact) mass is 326 g/mol. The largest absolute Gasteiger partial charge is 0.387 e. The summed E-state index contributed by atoms with van der Waals surface area (Å²) in [5.74, 6) is 0. The van der Waals surface area contributed by atoms with Gasteiger partial charge in [0.25, 0.3) is 5.69 Å². The lowest BCUT2D eigenvalue weighted by molar-refractivity contribution is -0.385. The van der Waals surface area contributed by atoms with Crippen LogP contribution in [0.15, 0.2) is 28.9 Å². The van der Waals surface area contributed by atoms with Gasteiger partial charge in [-0.2, -0.15) is 0 Å². The summed E-state index contributed by atoms with van der Waals surface area (Å²) in [5.41, 5.74) is 1.19. The predicted octanol–water partition coefficient (Wildman–Crippen LogP) is 2.05. The molecule has 8 heteroatoms. The molecule has 0 fully saturated rings. The smallest absolute Gasteiger partial charge is 0.283 e. The van der Waals surface area contributed by atoms with Crippen LogP contribution in [0.4, 0.5) is 5.69 Å². The first-order valence-corrected chi connectivity index (χ1v) is 6.28. The fourth-order valence-electron chi connectivity index (χ4n) is 1.59. The molecule has 0 amide bonds. The molecule has 0 bridgehead atoms. The van der Waals surface area contributed by atoms with E-state index in [4.69, 9.17) is 0 Å². The minimum absolute atomic E-state index is 0.00775. The third-order valence-electron chi connectivity index (χ3n) is 2.57. The van der Waals surface area contributed by atoms with Gasteiger partial charge in [0.1, 0.15) is 10.2 Å². The van der Waals surface area contributed by atoms with Crippen molar-refractivity contribution in [1.29, 1.82) is 0 Å². The van der Waals surface area contributed by atoms with E-state index in [1.807, 2.05) is 0 Å². The Labute approximate surface area is 117 Å². The van der Waals surface area contributed by atoms with E-state index < -0.39 is 11.0 Å². The van der Waals surface area contributed by atoms with Crippen LogP contribution in [-0.2, 0) is 6.54 Å². The van der Waals surface area contributed by atoms with Crippen LogP contribution in [0.25, 0.3) is 0 Å². The minimum atomic E-state index is -0.692. The Hall–Kier alpha value is -1.80. The molecule has 1 heterocycles. The molecule has 19 heavy (non-hydrogen) atoms. The number of hydrogen-bond donors (Lipinski definition) is 1. The summed E-state index contributed by atoms with van der Waals surface area (Å²) in [6.07, 6.45) is 0.915. The maximum atomic E-state index is 10.8. The summed E-state index contributed by atoms with van der Waals surface area (Å²) < 4.78 is 1.94. The minimum Gasteiger partial charge on any atom is -0.387 e. The highest BCUT2D eigenvalue weighted by Gasteiger charge is 2.15. The first-order chi connectivity index (χ1) is 8.99. The Morgan fingerprint density at radius 2 is 2.32 bits per heavy atom. The summed E-state index contributed by atoms with van der Waals surface area (Å²) in [5, 5.41) is 27.9. The molecule has 0 saturated carbocycles. The Bertz CT molecular complexity index is 612. The first kappa shape index (κ1) is 13.6. The molecule has 0 spiro atoms. The van der Waals surface area contributed by atoms with Crippen molar-refractivity contribution >= 4 is 21.6 Å². The lowest BCUT2D eigenvalue weighted by Gasteiger charge is -2.04. The topological polar surface area (TPSA) is 94.1 Å². The van der Waals surface area contributed by atoms with Crippen molar-refractivity contribution in [3.05, 3.63) is 50.2 Å². The maximum Gasteiger partial charge on any atom is 0.283 e. The predicted molar refractivity (Wildman–Crippen MR) is 70.6 cm³/mol. The normalized spacial score (nSPS) is 12.4. The van der Waals surface area contributed by atoms with Crippen LogP contribution in [-0.4, -0.2) is 25.0 Å². The third-order valence-corrected chi connectivity index (χ3v) is 3.49. The number of nitro groups is 1. The van der Waals surface area contributed by atoms with Crippen molar-refractivity contribution in [2.75, 3.05) is 0 Å². The molecule has 0 radical (unpaired) electrons. The quantitative estimate of drug-likeness (QED) is 0.685. The van der Waals surface area contributed by atoms with Crippen molar-refractivity contribution in [2.45, 2.75) is 19.6 Å². The molecule has 0 aliphatic heterocycles. The second kappa shape index (κ2) is 5.45. The number of aliphatic hydroxyl groups is 1. The van der Waals surface area contributed by atoms with Gasteiger partial charge in [0, 0.05) is 6.07 Å². The van der Waals surface area contributed by atoms with E-state index in [9.17, 15) is 15.2 Å². The van der Waals surface area contributed by atoms with Crippen LogP contribution in [0.3, 0.4) is 0 Å². The Balaban J connectivity index is 2.28. The fourth-order valence-corrected chi connectivity index (χ4v) is 2.12. The summed E-state index contributed by atoms with van der Waals surface area (Å²) in [6, 6.07) is 4.81. The van der Waals surface area contributed by atoms with Crippen molar-refractivity contribution in [3.63, 3.8) is 0 Å². The molecule has 100 valence electrons. The summed E-state index contributed by atoms with van der Waals surface area (Å²) in [4.78, 5) is 10.4. The number of aromatic nitrogens is 3. The zero-order valence-electron chi connectivity index (χ0n) is 10.0. The van der Waals surface area contributed by atoms with E-state index in [1.165, 1.54) is 10.7 Å². The van der Waals surface area contributed by atoms with Gasteiger partial charge in [-0.25, -0.2) is 4.68 Å². The van der Waals surface area contributed by atoms with Gasteiger partial charge in [-0.1, -0.05) is 17.3 Å². The molecule has 2 aromatic rings. The van der Waals surface area contributed by atoms with E-state index in [-0.39, 0.29) is 5.69 Å². The van der Waals surface area contributed by atoms with Gasteiger partial charge in [0.2, 0.25) is 0 Å². The molecule has 1 aromatic carbocycles. The molecule has 0 saturated heterocycles. The lowest BCUT2D eigenvalue weighted by Crippen LogP contribution is -2.02. The Kier molecular flexibility index (Phi) is 3.91. The second-order valence-electron chi connectivity index (χ2n) is 4.02. The lowest BCUT2D eigenvalue weighted by atomic mass is 10.2. The molecule has 1 atom stereocenters. The second-order valence-corrected chi connectivity index (χ2v) is 4.82. The number of aliphatic hydroxyl groups excluding tert-OH is 1. The number of halogens is 1. The van der Waals surface area contributed by atoms with E-state index in [0.717, 1.165) is 5.56 Å². The van der Waals surface area contributed by atoms with Gasteiger partial charge in [-0.05, 0) is 28.4 Å². The van der Waals surface area contributed by atoms with Crippen molar-refractivity contribution < 1.29 is 10.0 Å². The average molecular weight is 327 g/mol. The van der Waals surface area contributed by atoms with E-state index >= 15 is 0 Å². The number of rotatable bonds is 4. The number of hydrogen-bond acceptors (Lipinski definition) is 5. The molecule has 1 aromatic heterocycles. The molecule has 1 unspecified atom stereocenters. The molecular weight excluding hydrogens is 316 g/mol. The van der Waals surface area contributed by atoms with E-state index in [1.54, 1.807) is 25.3 Å². The summed E-state index contributed by atoms with van der Waals surface area (Å²) >= 11 is 3.22. The zero-order chi connectivity index (χ0) is 14.0. The third kappa shape index (κ3) is 2.96.